The van der Waals surface area contributed by atoms with Gasteiger partial charge in [-0.3, -0.25) is 0 Å². The highest BCUT2D eigenvalue weighted by Gasteiger charge is 2.38. The summed E-state index contributed by atoms with van der Waals surface area (Å²) in [5.41, 5.74) is 4.87. The van der Waals surface area contributed by atoms with Gasteiger partial charge in [-0.05, 0) is 124 Å². The van der Waals surface area contributed by atoms with Crippen LogP contribution in [0.25, 0.3) is 0 Å². The molecule has 3 unspecified atom stereocenters. The molecule has 0 saturated heterocycles. The molecular weight excluding hydrogens is 324 g/mol. The lowest BCUT2D eigenvalue weighted by Gasteiger charge is -2.45. The van der Waals surface area contributed by atoms with Crippen molar-refractivity contribution in [1.82, 2.24) is 0 Å². The van der Waals surface area contributed by atoms with E-state index in [-0.39, 0.29) is 0 Å². The molecule has 0 N–H and O–H groups in total. The van der Waals surface area contributed by atoms with Gasteiger partial charge in [0.05, 0.1) is 0 Å². The van der Waals surface area contributed by atoms with E-state index >= 15 is 0 Å². The molecule has 0 amide bonds. The third-order valence-corrected chi connectivity index (χ3v) is 8.35. The summed E-state index contributed by atoms with van der Waals surface area (Å²) in [6, 6.07) is 7.34. The van der Waals surface area contributed by atoms with Crippen LogP contribution in [0.1, 0.15) is 88.3 Å². The molecule has 2 saturated carbocycles. The maximum Gasteiger partial charge on any atom is -0.0245 e. The van der Waals surface area contributed by atoms with Gasteiger partial charge in [-0.1, -0.05) is 43.7 Å². The molecule has 0 aromatic heterocycles. The molecule has 0 spiro atoms. The Morgan fingerprint density at radius 1 is 0.889 bits per heavy atom. The lowest BCUT2D eigenvalue weighted by molar-refractivity contribution is 0.0699. The van der Waals surface area contributed by atoms with Gasteiger partial charge in [-0.2, -0.15) is 0 Å². The highest BCUT2D eigenvalue weighted by molar-refractivity contribution is 5.34. The Balaban J connectivity index is 1.31. The van der Waals surface area contributed by atoms with Gasteiger partial charge in [0.2, 0.25) is 0 Å². The SMILES string of the molecule is CC=CCC[C@@H]1CC[C@@H]2CC(C3CCc4cc(CC)ccc4C3)CCC2C1. The molecule has 0 bridgehead atoms. The fourth-order valence-electron chi connectivity index (χ4n) is 6.67. The van der Waals surface area contributed by atoms with Crippen LogP contribution in [0.5, 0.6) is 0 Å². The number of hydrogen-bond donors (Lipinski definition) is 0. The molecule has 148 valence electrons. The molecule has 1 aromatic rings. The van der Waals surface area contributed by atoms with Gasteiger partial charge < -0.3 is 0 Å². The average Bonchev–Trinajstić information content (AvgIpc) is 2.72. The third-order valence-electron chi connectivity index (χ3n) is 8.35. The first-order valence-corrected chi connectivity index (χ1v) is 12.0. The summed E-state index contributed by atoms with van der Waals surface area (Å²) in [5.74, 6) is 5.13. The van der Waals surface area contributed by atoms with Crippen LogP contribution in [0.2, 0.25) is 0 Å². The summed E-state index contributed by atoms with van der Waals surface area (Å²) in [6.45, 7) is 4.44. The maximum atomic E-state index is 2.50. The van der Waals surface area contributed by atoms with Crippen LogP contribution in [0.4, 0.5) is 0 Å². The Kier molecular flexibility index (Phi) is 6.41. The quantitative estimate of drug-likeness (QED) is 0.473. The monoisotopic (exact) mass is 364 g/mol. The molecule has 0 radical (unpaired) electrons. The fourth-order valence-corrected chi connectivity index (χ4v) is 6.67. The van der Waals surface area contributed by atoms with E-state index in [9.17, 15) is 0 Å². The largest absolute Gasteiger partial charge is 0.0917 e. The molecule has 4 rings (SSSR count). The van der Waals surface area contributed by atoms with Gasteiger partial charge >= 0.3 is 0 Å². The second-order valence-corrected chi connectivity index (χ2v) is 9.88. The second-order valence-electron chi connectivity index (χ2n) is 9.88. The minimum Gasteiger partial charge on any atom is -0.0917 e. The average molecular weight is 365 g/mol. The van der Waals surface area contributed by atoms with E-state index in [0.29, 0.717) is 0 Å². The molecule has 1 aromatic carbocycles. The smallest absolute Gasteiger partial charge is 0.0245 e. The van der Waals surface area contributed by atoms with Crippen LogP contribution < -0.4 is 0 Å². The van der Waals surface area contributed by atoms with Crippen molar-refractivity contribution in [3.63, 3.8) is 0 Å². The minimum absolute atomic E-state index is 0.971. The first kappa shape index (κ1) is 19.3. The molecule has 0 aliphatic heterocycles. The highest BCUT2D eigenvalue weighted by atomic mass is 14.4. The zero-order chi connectivity index (χ0) is 18.6. The van der Waals surface area contributed by atoms with Crippen molar-refractivity contribution in [2.45, 2.75) is 90.9 Å². The van der Waals surface area contributed by atoms with Crippen molar-refractivity contribution >= 4 is 0 Å². The summed E-state index contributed by atoms with van der Waals surface area (Å²) < 4.78 is 0. The van der Waals surface area contributed by atoms with Crippen molar-refractivity contribution in [3.05, 3.63) is 47.0 Å². The van der Waals surface area contributed by atoms with Gasteiger partial charge in [0.25, 0.3) is 0 Å². The van der Waals surface area contributed by atoms with Crippen molar-refractivity contribution in [2.75, 3.05) is 0 Å². The summed E-state index contributed by atoms with van der Waals surface area (Å²) in [4.78, 5) is 0. The fraction of sp³-hybridized carbons (Fsp3) is 0.704. The Bertz CT molecular complexity index is 639. The number of allylic oxidation sites excluding steroid dienone is 2. The normalized spacial score (nSPS) is 33.6. The van der Waals surface area contributed by atoms with Crippen molar-refractivity contribution < 1.29 is 0 Å². The maximum absolute atomic E-state index is 2.50. The standard InChI is InChI=1S/C27H40/c1-3-5-6-7-21-9-11-25-19-27(15-13-23(25)17-21)26-14-12-22-16-20(4-2)8-10-24(22)18-26/h3,5,8,10,16,21,23,25-27H,4,6-7,9,11-15,17-19H2,1-2H3/t21-,23?,25-,26?,27?/m1/s1. The van der Waals surface area contributed by atoms with Gasteiger partial charge in [-0.15, -0.1) is 0 Å². The number of hydrogen-bond acceptors (Lipinski definition) is 0. The molecule has 27 heavy (non-hydrogen) atoms. The van der Waals surface area contributed by atoms with E-state index < -0.39 is 0 Å². The van der Waals surface area contributed by atoms with Crippen molar-refractivity contribution in [2.24, 2.45) is 29.6 Å². The van der Waals surface area contributed by atoms with Crippen LogP contribution >= 0.6 is 0 Å². The van der Waals surface area contributed by atoms with E-state index in [1.165, 1.54) is 69.8 Å². The Labute approximate surface area is 167 Å². The predicted molar refractivity (Wildman–Crippen MR) is 117 cm³/mol. The second kappa shape index (κ2) is 8.97. The van der Waals surface area contributed by atoms with E-state index in [1.54, 1.807) is 24.0 Å². The van der Waals surface area contributed by atoms with Crippen molar-refractivity contribution in [3.8, 4) is 0 Å². The molecule has 0 heteroatoms. The van der Waals surface area contributed by atoms with Crippen LogP contribution in [0.3, 0.4) is 0 Å². The molecule has 0 nitrogen and oxygen atoms in total. The van der Waals surface area contributed by atoms with E-state index in [4.69, 9.17) is 0 Å². The molecule has 0 heterocycles. The van der Waals surface area contributed by atoms with Crippen LogP contribution in [-0.2, 0) is 19.3 Å². The van der Waals surface area contributed by atoms with E-state index in [2.05, 4.69) is 44.2 Å². The minimum atomic E-state index is 0.971. The van der Waals surface area contributed by atoms with Gasteiger partial charge in [0.1, 0.15) is 0 Å². The topological polar surface area (TPSA) is 0 Å². The Morgan fingerprint density at radius 3 is 2.48 bits per heavy atom. The van der Waals surface area contributed by atoms with Crippen LogP contribution in [0, 0.1) is 29.6 Å². The van der Waals surface area contributed by atoms with Gasteiger partial charge in [-0.25, -0.2) is 0 Å². The predicted octanol–water partition coefficient (Wildman–Crippen LogP) is 7.54. The molecule has 2 fully saturated rings. The molecule has 3 aliphatic carbocycles. The summed E-state index contributed by atoms with van der Waals surface area (Å²) in [6.07, 6.45) is 21.9. The first-order chi connectivity index (χ1) is 13.3. The van der Waals surface area contributed by atoms with Crippen LogP contribution in [-0.4, -0.2) is 0 Å². The number of aryl methyl sites for hydroxylation is 2. The molecular formula is C27H40. The summed E-state index contributed by atoms with van der Waals surface area (Å²) in [5, 5.41) is 0. The number of rotatable bonds is 5. The zero-order valence-corrected chi connectivity index (χ0v) is 17.8. The Morgan fingerprint density at radius 2 is 1.67 bits per heavy atom. The third kappa shape index (κ3) is 4.52. The number of fused-ring (bicyclic) bond motifs is 2. The van der Waals surface area contributed by atoms with Crippen molar-refractivity contribution in [1.29, 1.82) is 0 Å². The Hall–Kier alpha value is -1.04. The zero-order valence-electron chi connectivity index (χ0n) is 17.8. The van der Waals surface area contributed by atoms with Crippen LogP contribution in [0.15, 0.2) is 30.4 Å². The number of benzene rings is 1. The molecule has 5 atom stereocenters. The highest BCUT2D eigenvalue weighted by Crippen LogP contribution is 2.49. The first-order valence-electron chi connectivity index (χ1n) is 12.0. The summed E-state index contributed by atoms with van der Waals surface area (Å²) >= 11 is 0. The van der Waals surface area contributed by atoms with E-state index in [0.717, 1.165) is 29.6 Å². The summed E-state index contributed by atoms with van der Waals surface area (Å²) in [7, 11) is 0. The lowest BCUT2D eigenvalue weighted by Crippen LogP contribution is -2.35. The van der Waals surface area contributed by atoms with Gasteiger partial charge in [0.15, 0.2) is 0 Å². The van der Waals surface area contributed by atoms with E-state index in [1.807, 2.05) is 0 Å². The molecule has 3 aliphatic rings. The lowest BCUT2D eigenvalue weighted by atomic mass is 9.61. The van der Waals surface area contributed by atoms with Gasteiger partial charge in [0, 0.05) is 0 Å².